The van der Waals surface area contributed by atoms with Gasteiger partial charge in [-0.15, -0.1) is 12.6 Å². The van der Waals surface area contributed by atoms with Crippen LogP contribution in [0.5, 0.6) is 0 Å². The Morgan fingerprint density at radius 3 is 2.33 bits per heavy atom. The Bertz CT molecular complexity index is 1790. The average Bonchev–Trinajstić information content (AvgIpc) is 3.27. The van der Waals surface area contributed by atoms with E-state index < -0.39 is 21.5 Å². The molecule has 0 saturated carbocycles. The molecule has 0 atom stereocenters. The third-order valence-electron chi connectivity index (χ3n) is 8.94. The van der Waals surface area contributed by atoms with E-state index in [2.05, 4.69) is 35.5 Å². The molecule has 10 heteroatoms. The number of anilines is 1. The highest BCUT2D eigenvalue weighted by molar-refractivity contribution is 7.85. The van der Waals surface area contributed by atoms with Crippen LogP contribution in [0.1, 0.15) is 64.5 Å². The summed E-state index contributed by atoms with van der Waals surface area (Å²) < 4.78 is 35.7. The van der Waals surface area contributed by atoms with E-state index in [0.29, 0.717) is 47.4 Å². The maximum absolute atomic E-state index is 13.6. The average molecular weight is 622 g/mol. The number of Topliss-reactive ketones (excluding diaryl/α,β-unsaturated/α-hetero) is 1. The first-order valence-electron chi connectivity index (χ1n) is 14.3. The molecule has 0 fully saturated rings. The summed E-state index contributed by atoms with van der Waals surface area (Å²) in [6.45, 7) is 8.75. The van der Waals surface area contributed by atoms with Crippen molar-refractivity contribution in [2.75, 3.05) is 18.5 Å². The number of allylic oxidation sites excluding steroid dienone is 5. The SMILES string of the molecule is C[N+]1=C(/C=C2/C(=O)C(/C=C3/N(CCCCCC(=O)O)c4ccc(S(=O)(=O)O)cc4C3(C)C)=C2S)C(C)(C)c2ccccc21. The van der Waals surface area contributed by atoms with Crippen LogP contribution in [0.2, 0.25) is 0 Å². The second kappa shape index (κ2) is 10.9. The van der Waals surface area contributed by atoms with Crippen LogP contribution in [0.3, 0.4) is 0 Å². The summed E-state index contributed by atoms with van der Waals surface area (Å²) >= 11 is 4.77. The van der Waals surface area contributed by atoms with Gasteiger partial charge in [-0.1, -0.05) is 38.5 Å². The maximum atomic E-state index is 13.6. The number of thiol groups is 1. The quantitative estimate of drug-likeness (QED) is 0.104. The van der Waals surface area contributed by atoms with Crippen molar-refractivity contribution in [3.05, 3.63) is 87.5 Å². The molecule has 0 radical (unpaired) electrons. The van der Waals surface area contributed by atoms with Crippen molar-refractivity contribution in [3.63, 3.8) is 0 Å². The van der Waals surface area contributed by atoms with Crippen molar-refractivity contribution in [1.82, 2.24) is 0 Å². The monoisotopic (exact) mass is 621 g/mol. The zero-order valence-corrected chi connectivity index (χ0v) is 26.7. The lowest BCUT2D eigenvalue weighted by molar-refractivity contribution is -0.401. The molecule has 0 amide bonds. The van der Waals surface area contributed by atoms with Gasteiger partial charge in [0.25, 0.3) is 10.1 Å². The van der Waals surface area contributed by atoms with Crippen LogP contribution in [0.15, 0.2) is 81.3 Å². The molecule has 2 aromatic rings. The van der Waals surface area contributed by atoms with Crippen LogP contribution >= 0.6 is 12.6 Å². The van der Waals surface area contributed by atoms with Crippen LogP contribution in [-0.2, 0) is 30.5 Å². The lowest BCUT2D eigenvalue weighted by atomic mass is 9.78. The van der Waals surface area contributed by atoms with Gasteiger partial charge in [-0.3, -0.25) is 14.1 Å². The molecule has 0 spiro atoms. The van der Waals surface area contributed by atoms with Gasteiger partial charge in [-0.2, -0.15) is 13.0 Å². The molecule has 0 unspecified atom stereocenters. The van der Waals surface area contributed by atoms with Gasteiger partial charge in [0.2, 0.25) is 5.69 Å². The van der Waals surface area contributed by atoms with E-state index in [0.717, 1.165) is 22.8 Å². The maximum Gasteiger partial charge on any atom is 0.303 e. The van der Waals surface area contributed by atoms with Crippen molar-refractivity contribution < 1.29 is 32.2 Å². The molecule has 0 bridgehead atoms. The fraction of sp³-hybridized carbons (Fsp3) is 0.364. The number of hydrogen-bond acceptors (Lipinski definition) is 6. The van der Waals surface area contributed by atoms with Gasteiger partial charge in [0.15, 0.2) is 11.5 Å². The zero-order chi connectivity index (χ0) is 31.5. The summed E-state index contributed by atoms with van der Waals surface area (Å²) in [5.74, 6) is -0.947. The number of unbranched alkanes of at least 4 members (excludes halogenated alkanes) is 2. The molecule has 3 aliphatic rings. The van der Waals surface area contributed by atoms with E-state index in [1.165, 1.54) is 17.7 Å². The normalized spacial score (nSPS) is 20.6. The van der Waals surface area contributed by atoms with Crippen molar-refractivity contribution in [3.8, 4) is 0 Å². The zero-order valence-electron chi connectivity index (χ0n) is 25.0. The highest BCUT2D eigenvalue weighted by Gasteiger charge is 2.46. The van der Waals surface area contributed by atoms with Gasteiger partial charge >= 0.3 is 5.97 Å². The molecule has 2 aliphatic heterocycles. The molecule has 0 aromatic heterocycles. The number of benzene rings is 2. The van der Waals surface area contributed by atoms with E-state index in [4.69, 9.17) is 17.7 Å². The molecule has 2 N–H and O–H groups in total. The Hall–Kier alpha value is -3.47. The summed E-state index contributed by atoms with van der Waals surface area (Å²) in [5.41, 5.74) is 5.64. The highest BCUT2D eigenvalue weighted by Crippen LogP contribution is 2.50. The number of aliphatic carboxylic acids is 1. The molecule has 1 aliphatic carbocycles. The first-order valence-corrected chi connectivity index (χ1v) is 16.2. The number of fused-ring (bicyclic) bond motifs is 2. The molecule has 8 nitrogen and oxygen atoms in total. The number of carboxylic acids is 1. The van der Waals surface area contributed by atoms with Crippen LogP contribution in [0.4, 0.5) is 11.4 Å². The molecule has 226 valence electrons. The second-order valence-corrected chi connectivity index (χ2v) is 14.3. The Kier molecular flexibility index (Phi) is 7.86. The first kappa shape index (κ1) is 31.0. The predicted molar refractivity (Wildman–Crippen MR) is 170 cm³/mol. The van der Waals surface area contributed by atoms with Gasteiger partial charge in [0.1, 0.15) is 7.05 Å². The molecule has 2 aromatic carbocycles. The van der Waals surface area contributed by atoms with Crippen molar-refractivity contribution in [1.29, 1.82) is 0 Å². The topological polar surface area (TPSA) is 115 Å². The lowest BCUT2D eigenvalue weighted by Crippen LogP contribution is -2.31. The number of ketones is 1. The minimum atomic E-state index is -4.41. The van der Waals surface area contributed by atoms with Gasteiger partial charge in [-0.25, -0.2) is 0 Å². The lowest BCUT2D eigenvalue weighted by Gasteiger charge is -2.30. The van der Waals surface area contributed by atoms with Crippen LogP contribution in [0.25, 0.3) is 0 Å². The number of nitrogens with zero attached hydrogens (tertiary/aromatic N) is 2. The van der Waals surface area contributed by atoms with Crippen LogP contribution < -0.4 is 4.90 Å². The number of carboxylic acid groups (broad SMARTS) is 1. The summed E-state index contributed by atoms with van der Waals surface area (Å²) in [7, 11) is -2.41. The Morgan fingerprint density at radius 1 is 1.00 bits per heavy atom. The first-order chi connectivity index (χ1) is 20.1. The summed E-state index contributed by atoms with van der Waals surface area (Å²) in [5, 5.41) is 9.00. The van der Waals surface area contributed by atoms with Gasteiger partial charge in [0.05, 0.1) is 10.3 Å². The van der Waals surface area contributed by atoms with Crippen LogP contribution in [0, 0.1) is 0 Å². The standard InChI is InChI=1S/C33H36N2O6S2/c1-32(2)23-11-8-9-12-25(23)34(5)27(32)18-21-30(38)22(31(21)42)19-28-33(3,4)24-17-20(43(39,40)41)14-15-26(24)35(28)16-10-6-7-13-29(36)37/h8-9,11-12,14-15,17-19H,6-7,10,13,16H2,1-5H3,(H2-,36,37,38,39,40,41,42)/p+1. The van der Waals surface area contributed by atoms with E-state index in [-0.39, 0.29) is 22.5 Å². The van der Waals surface area contributed by atoms with Gasteiger partial charge in [0, 0.05) is 63.5 Å². The third-order valence-corrected chi connectivity index (χ3v) is 10.3. The summed E-state index contributed by atoms with van der Waals surface area (Å²) in [6.07, 6.45) is 5.82. The Balaban J connectivity index is 1.53. The minimum absolute atomic E-state index is 0.0953. The largest absolute Gasteiger partial charge is 0.481 e. The van der Waals surface area contributed by atoms with E-state index >= 15 is 0 Å². The van der Waals surface area contributed by atoms with Crippen molar-refractivity contribution in [2.24, 2.45) is 0 Å². The van der Waals surface area contributed by atoms with E-state index in [1.807, 2.05) is 45.2 Å². The molecular weight excluding hydrogens is 585 g/mol. The number of carbonyl (C=O) groups is 2. The molecule has 5 rings (SSSR count). The highest BCUT2D eigenvalue weighted by atomic mass is 32.2. The van der Waals surface area contributed by atoms with Crippen molar-refractivity contribution >= 4 is 51.6 Å². The van der Waals surface area contributed by atoms with Crippen LogP contribution in [-0.4, -0.2) is 53.7 Å². The summed E-state index contributed by atoms with van der Waals surface area (Å²) in [4.78, 5) is 27.1. The van der Waals surface area contributed by atoms with E-state index in [1.54, 1.807) is 6.07 Å². The molecule has 0 saturated heterocycles. The third kappa shape index (κ3) is 5.30. The number of carbonyl (C=O) groups excluding carboxylic acids is 1. The second-order valence-electron chi connectivity index (χ2n) is 12.4. The summed E-state index contributed by atoms with van der Waals surface area (Å²) in [6, 6.07) is 12.7. The number of para-hydroxylation sites is 1. The van der Waals surface area contributed by atoms with Gasteiger partial charge < -0.3 is 10.0 Å². The fourth-order valence-corrected chi connectivity index (χ4v) is 7.32. The Labute approximate surface area is 258 Å². The number of rotatable bonds is 9. The van der Waals surface area contributed by atoms with Gasteiger partial charge in [-0.05, 0) is 56.5 Å². The predicted octanol–water partition coefficient (Wildman–Crippen LogP) is 5.96. The fourth-order valence-electron chi connectivity index (χ4n) is 6.48. The minimum Gasteiger partial charge on any atom is -0.481 e. The number of hydrogen-bond donors (Lipinski definition) is 3. The van der Waals surface area contributed by atoms with Crippen molar-refractivity contribution in [2.45, 2.75) is 69.1 Å². The molecular formula is C33H37N2O6S2+. The Morgan fingerprint density at radius 2 is 1.70 bits per heavy atom. The smallest absolute Gasteiger partial charge is 0.303 e. The molecule has 43 heavy (non-hydrogen) atoms. The van der Waals surface area contributed by atoms with E-state index in [9.17, 15) is 22.6 Å². The molecule has 2 heterocycles.